The van der Waals surface area contributed by atoms with Crippen molar-refractivity contribution in [1.29, 1.82) is 0 Å². The van der Waals surface area contributed by atoms with Gasteiger partial charge in [-0.25, -0.2) is 13.2 Å². The average Bonchev–Trinajstić information content (AvgIpc) is 2.95. The van der Waals surface area contributed by atoms with Crippen LogP contribution in [0.15, 0.2) is 77.7 Å². The van der Waals surface area contributed by atoms with Gasteiger partial charge in [-0.2, -0.15) is 4.31 Å². The van der Waals surface area contributed by atoms with E-state index in [0.29, 0.717) is 5.69 Å². The molecule has 3 N–H and O–H groups in total. The lowest BCUT2D eigenvalue weighted by atomic mass is 9.99. The second kappa shape index (κ2) is 12.7. The maximum atomic E-state index is 13.7. The molecule has 218 valence electrons. The predicted molar refractivity (Wildman–Crippen MR) is 158 cm³/mol. The third-order valence-electron chi connectivity index (χ3n) is 7.14. The van der Waals surface area contributed by atoms with Gasteiger partial charge in [0, 0.05) is 25.2 Å². The van der Waals surface area contributed by atoms with Gasteiger partial charge < -0.3 is 25.4 Å². The summed E-state index contributed by atoms with van der Waals surface area (Å²) in [6.07, 6.45) is -0.694. The average molecular weight is 581 g/mol. The first kappa shape index (κ1) is 30.0. The number of aryl methyl sites for hydroxylation is 1. The third kappa shape index (κ3) is 6.87. The molecule has 3 amide bonds. The lowest BCUT2D eigenvalue weighted by Crippen LogP contribution is -2.50. The van der Waals surface area contributed by atoms with E-state index in [1.54, 1.807) is 78.6 Å². The molecule has 3 atom stereocenters. The fraction of sp³-hybridized carbons (Fsp3) is 0.333. The molecule has 0 saturated carbocycles. The van der Waals surface area contributed by atoms with Crippen LogP contribution >= 0.6 is 0 Å². The van der Waals surface area contributed by atoms with Crippen molar-refractivity contribution >= 4 is 33.3 Å². The SMILES string of the molecule is Cc1ccc(S(=O)(=O)N(C)C[C@H]2Oc3c(NC(=O)Nc4ccccc4)cccc3C(=O)N([C@@H](C)CO)C[C@H]2C)cc1. The second-order valence-corrected chi connectivity index (χ2v) is 12.4. The summed E-state index contributed by atoms with van der Waals surface area (Å²) in [5.41, 5.74) is 1.98. The van der Waals surface area contributed by atoms with Crippen LogP contribution in [0.5, 0.6) is 5.75 Å². The van der Waals surface area contributed by atoms with E-state index in [9.17, 15) is 23.1 Å². The Balaban J connectivity index is 1.68. The summed E-state index contributed by atoms with van der Waals surface area (Å²) in [7, 11) is -2.35. The van der Waals surface area contributed by atoms with Crippen LogP contribution in [0.3, 0.4) is 0 Å². The number of nitrogens with zero attached hydrogens (tertiary/aromatic N) is 2. The Morgan fingerprint density at radius 1 is 1.07 bits per heavy atom. The molecule has 0 aliphatic carbocycles. The van der Waals surface area contributed by atoms with E-state index in [-0.39, 0.29) is 53.4 Å². The summed E-state index contributed by atoms with van der Waals surface area (Å²) in [6.45, 7) is 5.45. The molecule has 0 saturated heterocycles. The lowest BCUT2D eigenvalue weighted by Gasteiger charge is -2.38. The number of benzene rings is 3. The van der Waals surface area contributed by atoms with E-state index in [4.69, 9.17) is 4.74 Å². The number of amides is 3. The van der Waals surface area contributed by atoms with Crippen molar-refractivity contribution in [2.45, 2.75) is 37.8 Å². The number of anilines is 2. The zero-order valence-corrected chi connectivity index (χ0v) is 24.4. The molecule has 3 aromatic carbocycles. The number of likely N-dealkylation sites (N-methyl/N-ethyl adjacent to an activating group) is 1. The van der Waals surface area contributed by atoms with E-state index in [1.165, 1.54) is 11.4 Å². The van der Waals surface area contributed by atoms with Gasteiger partial charge in [0.05, 0.1) is 35.3 Å². The molecule has 11 heteroatoms. The molecular formula is C30H36N4O6S. The number of urea groups is 1. The van der Waals surface area contributed by atoms with Crippen molar-refractivity contribution in [2.24, 2.45) is 5.92 Å². The summed E-state index contributed by atoms with van der Waals surface area (Å²) in [5.74, 6) is -0.559. The Hall–Kier alpha value is -3.93. The van der Waals surface area contributed by atoms with Crippen molar-refractivity contribution in [3.63, 3.8) is 0 Å². The highest BCUT2D eigenvalue weighted by molar-refractivity contribution is 7.89. The molecular weight excluding hydrogens is 544 g/mol. The Kier molecular flexibility index (Phi) is 9.31. The number of aliphatic hydroxyl groups excluding tert-OH is 1. The molecule has 1 aliphatic heterocycles. The van der Waals surface area contributed by atoms with Gasteiger partial charge in [-0.1, -0.05) is 48.9 Å². The molecule has 0 unspecified atom stereocenters. The number of hydrogen-bond donors (Lipinski definition) is 3. The van der Waals surface area contributed by atoms with Gasteiger partial charge in [0.1, 0.15) is 6.10 Å². The van der Waals surface area contributed by atoms with E-state index in [2.05, 4.69) is 10.6 Å². The number of nitrogens with one attached hydrogen (secondary N) is 2. The molecule has 10 nitrogen and oxygen atoms in total. The van der Waals surface area contributed by atoms with Gasteiger partial charge in [0.25, 0.3) is 5.91 Å². The first-order valence-electron chi connectivity index (χ1n) is 13.4. The minimum Gasteiger partial charge on any atom is -0.486 e. The van der Waals surface area contributed by atoms with Crippen molar-refractivity contribution in [3.05, 3.63) is 83.9 Å². The number of sulfonamides is 1. The molecule has 0 radical (unpaired) electrons. The Labute approximate surface area is 241 Å². The highest BCUT2D eigenvalue weighted by Crippen LogP contribution is 2.35. The van der Waals surface area contributed by atoms with Crippen LogP contribution in [0.25, 0.3) is 0 Å². The van der Waals surface area contributed by atoms with Gasteiger partial charge in [-0.15, -0.1) is 0 Å². The Bertz CT molecular complexity index is 1480. The zero-order chi connectivity index (χ0) is 29.7. The van der Waals surface area contributed by atoms with E-state index >= 15 is 0 Å². The van der Waals surface area contributed by atoms with Crippen LogP contribution in [-0.4, -0.2) is 73.6 Å². The van der Waals surface area contributed by atoms with Crippen LogP contribution < -0.4 is 15.4 Å². The molecule has 3 aromatic rings. The van der Waals surface area contributed by atoms with Crippen LogP contribution in [0, 0.1) is 12.8 Å². The minimum absolute atomic E-state index is 0.0170. The molecule has 0 aromatic heterocycles. The molecule has 1 heterocycles. The minimum atomic E-state index is -3.83. The quantitative estimate of drug-likeness (QED) is 0.367. The molecule has 0 spiro atoms. The number of carbonyl (C=O) groups excluding carboxylic acids is 2. The number of fused-ring (bicyclic) bond motifs is 1. The molecule has 1 aliphatic rings. The fourth-order valence-electron chi connectivity index (χ4n) is 4.61. The van der Waals surface area contributed by atoms with Crippen molar-refractivity contribution in [3.8, 4) is 5.75 Å². The van der Waals surface area contributed by atoms with Gasteiger partial charge >= 0.3 is 6.03 Å². The topological polar surface area (TPSA) is 128 Å². The van der Waals surface area contributed by atoms with Crippen LogP contribution in [0.1, 0.15) is 29.8 Å². The Morgan fingerprint density at radius 3 is 2.41 bits per heavy atom. The van der Waals surface area contributed by atoms with Crippen LogP contribution in [0.4, 0.5) is 16.2 Å². The molecule has 0 fully saturated rings. The number of rotatable bonds is 8. The number of ether oxygens (including phenoxy) is 1. The van der Waals surface area contributed by atoms with E-state index in [0.717, 1.165) is 5.56 Å². The number of aliphatic hydroxyl groups is 1. The number of hydrogen-bond acceptors (Lipinski definition) is 6. The highest BCUT2D eigenvalue weighted by atomic mass is 32.2. The highest BCUT2D eigenvalue weighted by Gasteiger charge is 2.36. The largest absolute Gasteiger partial charge is 0.486 e. The summed E-state index contributed by atoms with van der Waals surface area (Å²) < 4.78 is 34.4. The third-order valence-corrected chi connectivity index (χ3v) is 8.97. The normalized spacial score (nSPS) is 18.1. The smallest absolute Gasteiger partial charge is 0.323 e. The summed E-state index contributed by atoms with van der Waals surface area (Å²) in [6, 6.07) is 19.3. The predicted octanol–water partition coefficient (Wildman–Crippen LogP) is 4.18. The summed E-state index contributed by atoms with van der Waals surface area (Å²) >= 11 is 0. The van der Waals surface area contributed by atoms with Gasteiger partial charge in [0.2, 0.25) is 10.0 Å². The molecule has 4 rings (SSSR count). The van der Waals surface area contributed by atoms with Crippen LogP contribution in [0.2, 0.25) is 0 Å². The summed E-state index contributed by atoms with van der Waals surface area (Å²) in [5, 5.41) is 15.4. The van der Waals surface area contributed by atoms with Gasteiger partial charge in [0.15, 0.2) is 5.75 Å². The molecule has 0 bridgehead atoms. The summed E-state index contributed by atoms with van der Waals surface area (Å²) in [4.78, 5) is 28.2. The van der Waals surface area contributed by atoms with Crippen molar-refractivity contribution in [1.82, 2.24) is 9.21 Å². The van der Waals surface area contributed by atoms with E-state index < -0.39 is 28.2 Å². The first-order chi connectivity index (χ1) is 19.5. The lowest BCUT2D eigenvalue weighted by molar-refractivity contribution is 0.0389. The second-order valence-electron chi connectivity index (χ2n) is 10.3. The standard InChI is InChI=1S/C30H36N4O6S/c1-20-13-15-24(16-14-20)41(38,39)33(4)18-27-21(2)17-34(22(3)19-35)29(36)25-11-8-12-26(28(25)40-27)32-30(37)31-23-9-6-5-7-10-23/h5-16,21-22,27,35H,17-19H2,1-4H3,(H2,31,32,37)/t21-,22+,27-/m1/s1. The van der Waals surface area contributed by atoms with E-state index in [1.807, 2.05) is 19.9 Å². The monoisotopic (exact) mass is 580 g/mol. The zero-order valence-electron chi connectivity index (χ0n) is 23.6. The van der Waals surface area contributed by atoms with Crippen LogP contribution in [-0.2, 0) is 10.0 Å². The fourth-order valence-corrected chi connectivity index (χ4v) is 5.79. The maximum absolute atomic E-state index is 13.7. The number of para-hydroxylation sites is 2. The van der Waals surface area contributed by atoms with Crippen molar-refractivity contribution < 1.29 is 27.9 Å². The Morgan fingerprint density at radius 2 is 1.76 bits per heavy atom. The molecule has 41 heavy (non-hydrogen) atoms. The van der Waals surface area contributed by atoms with Crippen molar-refractivity contribution in [2.75, 3.05) is 37.4 Å². The number of carbonyl (C=O) groups is 2. The first-order valence-corrected chi connectivity index (χ1v) is 14.8. The maximum Gasteiger partial charge on any atom is 0.323 e. The van der Waals surface area contributed by atoms with Gasteiger partial charge in [-0.05, 0) is 50.2 Å². The van der Waals surface area contributed by atoms with Gasteiger partial charge in [-0.3, -0.25) is 4.79 Å².